The number of nitrogens with zero attached hydrogens (tertiary/aromatic N) is 1. The van der Waals surface area contributed by atoms with E-state index in [-0.39, 0.29) is 23.8 Å². The number of ether oxygens (including phenoxy) is 1. The van der Waals surface area contributed by atoms with E-state index in [0.717, 1.165) is 49.2 Å². The van der Waals surface area contributed by atoms with Crippen LogP contribution in [-0.2, 0) is 4.79 Å². The van der Waals surface area contributed by atoms with Gasteiger partial charge in [-0.1, -0.05) is 12.1 Å². The van der Waals surface area contributed by atoms with Crippen LogP contribution < -0.4 is 10.1 Å². The van der Waals surface area contributed by atoms with Crippen molar-refractivity contribution >= 4 is 17.5 Å². The number of rotatable bonds is 5. The Morgan fingerprint density at radius 3 is 2.33 bits per heavy atom. The average Bonchev–Trinajstić information content (AvgIpc) is 3.45. The second kappa shape index (κ2) is 7.43. The molecular weight excluding hydrogens is 340 g/mol. The number of likely N-dealkylation sites (tertiary alicyclic amines) is 1. The Labute approximate surface area is 159 Å². The molecule has 140 valence electrons. The molecule has 1 aliphatic carbocycles. The van der Waals surface area contributed by atoms with E-state index in [1.165, 1.54) is 0 Å². The molecule has 1 heterocycles. The standard InChI is InChI=1S/C22H24N2O3/c1-27-19-12-8-15(9-13-19)20-3-2-14-24(20)22(26)17-6-10-18(11-7-17)23-21(25)16-4-5-16/h6-13,16,20H,2-5,14H2,1H3,(H,23,25). The highest BCUT2D eigenvalue weighted by Crippen LogP contribution is 2.34. The summed E-state index contributed by atoms with van der Waals surface area (Å²) in [6, 6.07) is 15.3. The Balaban J connectivity index is 1.46. The van der Waals surface area contributed by atoms with Crippen LogP contribution in [-0.4, -0.2) is 30.4 Å². The van der Waals surface area contributed by atoms with Gasteiger partial charge in [-0.15, -0.1) is 0 Å². The van der Waals surface area contributed by atoms with Gasteiger partial charge in [0.05, 0.1) is 13.2 Å². The molecule has 5 nitrogen and oxygen atoms in total. The zero-order valence-electron chi connectivity index (χ0n) is 15.5. The molecule has 5 heteroatoms. The molecule has 0 aromatic heterocycles. The third-order valence-electron chi connectivity index (χ3n) is 5.36. The Kier molecular flexibility index (Phi) is 4.84. The van der Waals surface area contributed by atoms with Gasteiger partial charge in [0.1, 0.15) is 5.75 Å². The van der Waals surface area contributed by atoms with Crippen LogP contribution in [0.1, 0.15) is 47.6 Å². The minimum Gasteiger partial charge on any atom is -0.497 e. The monoisotopic (exact) mass is 364 g/mol. The Morgan fingerprint density at radius 1 is 1.00 bits per heavy atom. The highest BCUT2D eigenvalue weighted by Gasteiger charge is 2.31. The van der Waals surface area contributed by atoms with E-state index >= 15 is 0 Å². The average molecular weight is 364 g/mol. The van der Waals surface area contributed by atoms with Gasteiger partial charge in [0.15, 0.2) is 0 Å². The van der Waals surface area contributed by atoms with Crippen LogP contribution in [0.3, 0.4) is 0 Å². The normalized spacial score (nSPS) is 19.0. The first-order valence-electron chi connectivity index (χ1n) is 9.51. The number of amides is 2. The van der Waals surface area contributed by atoms with Crippen molar-refractivity contribution in [2.24, 2.45) is 5.92 Å². The van der Waals surface area contributed by atoms with Gasteiger partial charge >= 0.3 is 0 Å². The van der Waals surface area contributed by atoms with Crippen LogP contribution in [0.2, 0.25) is 0 Å². The number of carbonyl (C=O) groups is 2. The van der Waals surface area contributed by atoms with E-state index in [4.69, 9.17) is 4.74 Å². The van der Waals surface area contributed by atoms with E-state index in [1.807, 2.05) is 41.3 Å². The smallest absolute Gasteiger partial charge is 0.254 e. The zero-order chi connectivity index (χ0) is 18.8. The van der Waals surface area contributed by atoms with Crippen LogP contribution in [0.25, 0.3) is 0 Å². The second-order valence-corrected chi connectivity index (χ2v) is 7.27. The molecule has 2 fully saturated rings. The van der Waals surface area contributed by atoms with Crippen molar-refractivity contribution in [3.05, 3.63) is 59.7 Å². The topological polar surface area (TPSA) is 58.6 Å². The third-order valence-corrected chi connectivity index (χ3v) is 5.36. The maximum Gasteiger partial charge on any atom is 0.254 e. The minimum atomic E-state index is 0.0355. The first kappa shape index (κ1) is 17.6. The zero-order valence-corrected chi connectivity index (χ0v) is 15.5. The SMILES string of the molecule is COc1ccc(C2CCCN2C(=O)c2ccc(NC(=O)C3CC3)cc2)cc1. The molecule has 2 aromatic rings. The number of methoxy groups -OCH3 is 1. The van der Waals surface area contributed by atoms with Gasteiger partial charge in [-0.05, 0) is 67.6 Å². The van der Waals surface area contributed by atoms with E-state index in [1.54, 1.807) is 19.2 Å². The summed E-state index contributed by atoms with van der Waals surface area (Å²) >= 11 is 0. The molecule has 2 amide bonds. The Hall–Kier alpha value is -2.82. The first-order chi connectivity index (χ1) is 13.2. The van der Waals surface area contributed by atoms with E-state index in [0.29, 0.717) is 5.56 Å². The fraction of sp³-hybridized carbons (Fsp3) is 0.364. The van der Waals surface area contributed by atoms with Gasteiger partial charge in [-0.2, -0.15) is 0 Å². The van der Waals surface area contributed by atoms with Gasteiger partial charge in [-0.3, -0.25) is 9.59 Å². The van der Waals surface area contributed by atoms with Crippen molar-refractivity contribution in [2.75, 3.05) is 19.0 Å². The van der Waals surface area contributed by atoms with E-state index in [9.17, 15) is 9.59 Å². The lowest BCUT2D eigenvalue weighted by Crippen LogP contribution is -2.30. The van der Waals surface area contributed by atoms with Crippen molar-refractivity contribution in [3.8, 4) is 5.75 Å². The molecule has 1 saturated carbocycles. The fourth-order valence-electron chi connectivity index (χ4n) is 3.63. The highest BCUT2D eigenvalue weighted by molar-refractivity contribution is 5.97. The molecule has 0 spiro atoms. The molecule has 1 saturated heterocycles. The van der Waals surface area contributed by atoms with E-state index < -0.39 is 0 Å². The van der Waals surface area contributed by atoms with Gasteiger partial charge in [0.2, 0.25) is 5.91 Å². The molecule has 1 atom stereocenters. The molecule has 1 N–H and O–H groups in total. The molecule has 0 bridgehead atoms. The van der Waals surface area contributed by atoms with Crippen molar-refractivity contribution in [1.29, 1.82) is 0 Å². The number of hydrogen-bond acceptors (Lipinski definition) is 3. The molecule has 1 unspecified atom stereocenters. The molecule has 2 aromatic carbocycles. The van der Waals surface area contributed by atoms with Crippen molar-refractivity contribution in [1.82, 2.24) is 4.90 Å². The summed E-state index contributed by atoms with van der Waals surface area (Å²) in [4.78, 5) is 26.8. The highest BCUT2D eigenvalue weighted by atomic mass is 16.5. The number of anilines is 1. The summed E-state index contributed by atoms with van der Waals surface area (Å²) in [6.07, 6.45) is 3.92. The van der Waals surface area contributed by atoms with Crippen LogP contribution in [0.5, 0.6) is 5.75 Å². The minimum absolute atomic E-state index is 0.0355. The van der Waals surface area contributed by atoms with Crippen LogP contribution >= 0.6 is 0 Å². The summed E-state index contributed by atoms with van der Waals surface area (Å²) in [5.41, 5.74) is 2.53. The fourth-order valence-corrected chi connectivity index (χ4v) is 3.63. The third kappa shape index (κ3) is 3.82. The quantitative estimate of drug-likeness (QED) is 0.872. The second-order valence-electron chi connectivity index (χ2n) is 7.27. The summed E-state index contributed by atoms with van der Waals surface area (Å²) in [6.45, 7) is 0.760. The summed E-state index contributed by atoms with van der Waals surface area (Å²) in [5.74, 6) is 1.10. The molecule has 0 radical (unpaired) electrons. The van der Waals surface area contributed by atoms with Crippen LogP contribution in [0.4, 0.5) is 5.69 Å². The number of nitrogens with one attached hydrogen (secondary N) is 1. The summed E-state index contributed by atoms with van der Waals surface area (Å²) < 4.78 is 5.22. The largest absolute Gasteiger partial charge is 0.497 e. The van der Waals surface area contributed by atoms with E-state index in [2.05, 4.69) is 5.32 Å². The molecule has 4 rings (SSSR count). The van der Waals surface area contributed by atoms with Crippen molar-refractivity contribution in [3.63, 3.8) is 0 Å². The molecule has 2 aliphatic rings. The number of hydrogen-bond donors (Lipinski definition) is 1. The lowest BCUT2D eigenvalue weighted by molar-refractivity contribution is -0.117. The maximum atomic E-state index is 13.0. The predicted octanol–water partition coefficient (Wildman–Crippen LogP) is 4.02. The van der Waals surface area contributed by atoms with Gasteiger partial charge < -0.3 is 15.0 Å². The first-order valence-corrected chi connectivity index (χ1v) is 9.51. The number of carbonyl (C=O) groups excluding carboxylic acids is 2. The van der Waals surface area contributed by atoms with Gasteiger partial charge in [-0.25, -0.2) is 0 Å². The number of benzene rings is 2. The van der Waals surface area contributed by atoms with Crippen LogP contribution in [0, 0.1) is 5.92 Å². The molecule has 27 heavy (non-hydrogen) atoms. The van der Waals surface area contributed by atoms with Crippen LogP contribution in [0.15, 0.2) is 48.5 Å². The summed E-state index contributed by atoms with van der Waals surface area (Å²) in [7, 11) is 1.65. The molecule has 1 aliphatic heterocycles. The summed E-state index contributed by atoms with van der Waals surface area (Å²) in [5, 5.41) is 2.91. The van der Waals surface area contributed by atoms with Gasteiger partial charge in [0, 0.05) is 23.7 Å². The molecular formula is C22H24N2O3. The lowest BCUT2D eigenvalue weighted by Gasteiger charge is -2.25. The Morgan fingerprint density at radius 2 is 1.70 bits per heavy atom. The lowest BCUT2D eigenvalue weighted by atomic mass is 10.0. The Bertz CT molecular complexity index is 826. The maximum absolute atomic E-state index is 13.0. The predicted molar refractivity (Wildman–Crippen MR) is 104 cm³/mol. The van der Waals surface area contributed by atoms with Crippen molar-refractivity contribution < 1.29 is 14.3 Å². The van der Waals surface area contributed by atoms with Crippen molar-refractivity contribution in [2.45, 2.75) is 31.7 Å². The van der Waals surface area contributed by atoms with Gasteiger partial charge in [0.25, 0.3) is 5.91 Å².